The summed E-state index contributed by atoms with van der Waals surface area (Å²) in [7, 11) is 1.61. The molecule has 0 amide bonds. The molecule has 0 saturated carbocycles. The first-order valence-electron chi connectivity index (χ1n) is 6.31. The predicted octanol–water partition coefficient (Wildman–Crippen LogP) is 3.30. The normalized spacial score (nSPS) is 9.05. The lowest BCUT2D eigenvalue weighted by atomic mass is 10.3. The topological polar surface area (TPSA) is 90.4 Å². The van der Waals surface area contributed by atoms with Crippen LogP contribution < -0.4 is 14.9 Å². The van der Waals surface area contributed by atoms with Gasteiger partial charge in [-0.1, -0.05) is 0 Å². The van der Waals surface area contributed by atoms with Crippen molar-refractivity contribution in [1.29, 1.82) is 10.5 Å². The summed E-state index contributed by atoms with van der Waals surface area (Å²) in [5.74, 6) is 2.10. The maximum Gasteiger partial charge on any atom is 0.237 e. The van der Waals surface area contributed by atoms with Gasteiger partial charge in [0, 0.05) is 0 Å². The average molecular weight is 292 g/mol. The van der Waals surface area contributed by atoms with E-state index in [1.165, 1.54) is 0 Å². The molecule has 108 valence electrons. The molecule has 1 N–H and O–H groups in total. The number of rotatable bonds is 5. The molecular formula is C16H12N4O2. The van der Waals surface area contributed by atoms with Gasteiger partial charge in [-0.2, -0.15) is 15.6 Å². The van der Waals surface area contributed by atoms with E-state index >= 15 is 0 Å². The number of benzene rings is 2. The molecule has 0 unspecified atom stereocenters. The Balaban J connectivity index is 2.01. The number of nitriles is 2. The second kappa shape index (κ2) is 7.32. The van der Waals surface area contributed by atoms with Crippen LogP contribution in [0.3, 0.4) is 0 Å². The first-order valence-corrected chi connectivity index (χ1v) is 6.31. The molecule has 6 heteroatoms. The summed E-state index contributed by atoms with van der Waals surface area (Å²) in [5, 5.41) is 20.8. The highest BCUT2D eigenvalue weighted by Gasteiger charge is 1.99. The fraction of sp³-hybridized carbons (Fsp3) is 0.0625. The van der Waals surface area contributed by atoms with Gasteiger partial charge in [0.05, 0.1) is 12.8 Å². The van der Waals surface area contributed by atoms with Crippen LogP contribution >= 0.6 is 0 Å². The number of methoxy groups -OCH3 is 1. The van der Waals surface area contributed by atoms with E-state index in [2.05, 4.69) is 10.5 Å². The number of nitrogens with one attached hydrogen (secondary N) is 1. The Labute approximate surface area is 127 Å². The van der Waals surface area contributed by atoms with Crippen molar-refractivity contribution in [3.63, 3.8) is 0 Å². The smallest absolute Gasteiger partial charge is 0.237 e. The Kier molecular flexibility index (Phi) is 4.95. The van der Waals surface area contributed by atoms with E-state index in [4.69, 9.17) is 20.0 Å². The van der Waals surface area contributed by atoms with Gasteiger partial charge in [0.15, 0.2) is 0 Å². The van der Waals surface area contributed by atoms with Crippen molar-refractivity contribution < 1.29 is 9.47 Å². The van der Waals surface area contributed by atoms with Gasteiger partial charge in [-0.05, 0) is 48.5 Å². The Morgan fingerprint density at radius 1 is 0.909 bits per heavy atom. The standard InChI is InChI=1S/C16H12N4O2/c1-21-14-6-8-16(9-7-14)22-15-4-2-12(3-5-15)19-20-13(10-17)11-18/h2-9,19H,1H3. The van der Waals surface area contributed by atoms with Crippen LogP contribution in [0.4, 0.5) is 5.69 Å². The number of hydrogen-bond donors (Lipinski definition) is 1. The number of hydrazone groups is 1. The minimum absolute atomic E-state index is 0.237. The Hall–Kier alpha value is -3.51. The second-order valence-electron chi connectivity index (χ2n) is 4.10. The largest absolute Gasteiger partial charge is 0.497 e. The molecule has 2 rings (SSSR count). The van der Waals surface area contributed by atoms with Crippen LogP contribution in [0.15, 0.2) is 53.6 Å². The van der Waals surface area contributed by atoms with Crippen LogP contribution in [0, 0.1) is 22.7 Å². The van der Waals surface area contributed by atoms with E-state index in [0.29, 0.717) is 17.2 Å². The van der Waals surface area contributed by atoms with E-state index in [-0.39, 0.29) is 5.71 Å². The Morgan fingerprint density at radius 3 is 1.91 bits per heavy atom. The van der Waals surface area contributed by atoms with Crippen molar-refractivity contribution in [3.8, 4) is 29.4 Å². The third kappa shape index (κ3) is 3.99. The molecular weight excluding hydrogens is 280 g/mol. The molecule has 6 nitrogen and oxygen atoms in total. The Bertz CT molecular complexity index is 722. The third-order valence-electron chi connectivity index (χ3n) is 2.66. The third-order valence-corrected chi connectivity index (χ3v) is 2.66. The molecule has 0 aliphatic heterocycles. The highest BCUT2D eigenvalue weighted by Crippen LogP contribution is 2.24. The minimum atomic E-state index is -0.237. The second-order valence-corrected chi connectivity index (χ2v) is 4.10. The van der Waals surface area contributed by atoms with E-state index in [9.17, 15) is 0 Å². The highest BCUT2D eigenvalue weighted by molar-refractivity contribution is 6.10. The summed E-state index contributed by atoms with van der Waals surface area (Å²) in [6, 6.07) is 17.5. The average Bonchev–Trinajstić information content (AvgIpc) is 2.58. The van der Waals surface area contributed by atoms with Crippen molar-refractivity contribution in [3.05, 3.63) is 48.5 Å². The van der Waals surface area contributed by atoms with Gasteiger partial charge in [-0.15, -0.1) is 0 Å². The molecule has 2 aromatic rings. The number of nitrogens with zero attached hydrogens (tertiary/aromatic N) is 3. The number of ether oxygens (including phenoxy) is 2. The molecule has 0 spiro atoms. The molecule has 0 saturated heterocycles. The van der Waals surface area contributed by atoms with Crippen molar-refractivity contribution in [1.82, 2.24) is 0 Å². The fourth-order valence-electron chi connectivity index (χ4n) is 1.57. The van der Waals surface area contributed by atoms with Crippen LogP contribution in [0.5, 0.6) is 17.2 Å². The van der Waals surface area contributed by atoms with Crippen LogP contribution in [-0.4, -0.2) is 12.8 Å². The highest BCUT2D eigenvalue weighted by atomic mass is 16.5. The van der Waals surface area contributed by atoms with Crippen molar-refractivity contribution >= 4 is 11.4 Å². The van der Waals surface area contributed by atoms with Gasteiger partial charge < -0.3 is 9.47 Å². The molecule has 0 fully saturated rings. The lowest BCUT2D eigenvalue weighted by Crippen LogP contribution is -1.96. The van der Waals surface area contributed by atoms with Crippen LogP contribution in [0.1, 0.15) is 0 Å². The molecule has 2 aromatic carbocycles. The summed E-state index contributed by atoms with van der Waals surface area (Å²) < 4.78 is 10.8. The van der Waals surface area contributed by atoms with Crippen LogP contribution in [0.2, 0.25) is 0 Å². The molecule has 22 heavy (non-hydrogen) atoms. The van der Waals surface area contributed by atoms with Gasteiger partial charge in [0.1, 0.15) is 29.4 Å². The molecule has 0 aliphatic rings. The summed E-state index contributed by atoms with van der Waals surface area (Å²) in [4.78, 5) is 0. The van der Waals surface area contributed by atoms with Crippen molar-refractivity contribution in [2.75, 3.05) is 12.5 Å². The molecule has 0 heterocycles. The lowest BCUT2D eigenvalue weighted by Gasteiger charge is -2.07. The Morgan fingerprint density at radius 2 is 1.41 bits per heavy atom. The summed E-state index contributed by atoms with van der Waals surface area (Å²) in [5.41, 5.74) is 3.03. The van der Waals surface area contributed by atoms with Crippen molar-refractivity contribution in [2.24, 2.45) is 5.10 Å². The molecule has 0 atom stereocenters. The van der Waals surface area contributed by atoms with E-state index in [1.54, 1.807) is 55.6 Å². The maximum absolute atomic E-state index is 8.58. The van der Waals surface area contributed by atoms with Gasteiger partial charge in [-0.3, -0.25) is 5.43 Å². The van der Waals surface area contributed by atoms with Gasteiger partial charge in [0.2, 0.25) is 5.71 Å². The van der Waals surface area contributed by atoms with E-state index in [0.717, 1.165) is 5.75 Å². The summed E-state index contributed by atoms with van der Waals surface area (Å²) in [6.45, 7) is 0. The quantitative estimate of drug-likeness (QED) is 0.674. The first-order chi connectivity index (χ1) is 10.7. The molecule has 0 radical (unpaired) electrons. The summed E-state index contributed by atoms with van der Waals surface area (Å²) >= 11 is 0. The molecule has 0 bridgehead atoms. The zero-order valence-corrected chi connectivity index (χ0v) is 11.8. The van der Waals surface area contributed by atoms with Crippen molar-refractivity contribution in [2.45, 2.75) is 0 Å². The first kappa shape index (κ1) is 14.9. The molecule has 0 aliphatic carbocycles. The predicted molar refractivity (Wildman–Crippen MR) is 81.8 cm³/mol. The fourth-order valence-corrected chi connectivity index (χ4v) is 1.57. The monoisotopic (exact) mass is 292 g/mol. The van der Waals surface area contributed by atoms with Crippen LogP contribution in [-0.2, 0) is 0 Å². The zero-order chi connectivity index (χ0) is 15.8. The van der Waals surface area contributed by atoms with E-state index in [1.807, 2.05) is 12.1 Å². The van der Waals surface area contributed by atoms with Gasteiger partial charge in [-0.25, -0.2) is 0 Å². The van der Waals surface area contributed by atoms with Gasteiger partial charge >= 0.3 is 0 Å². The van der Waals surface area contributed by atoms with Gasteiger partial charge in [0.25, 0.3) is 0 Å². The lowest BCUT2D eigenvalue weighted by molar-refractivity contribution is 0.413. The SMILES string of the molecule is COc1ccc(Oc2ccc(NN=C(C#N)C#N)cc2)cc1. The van der Waals surface area contributed by atoms with Crippen LogP contribution in [0.25, 0.3) is 0 Å². The maximum atomic E-state index is 8.58. The number of anilines is 1. The zero-order valence-electron chi connectivity index (χ0n) is 11.8. The minimum Gasteiger partial charge on any atom is -0.497 e. The summed E-state index contributed by atoms with van der Waals surface area (Å²) in [6.07, 6.45) is 0. The van der Waals surface area contributed by atoms with E-state index < -0.39 is 0 Å². The number of hydrogen-bond acceptors (Lipinski definition) is 6. The molecule has 0 aromatic heterocycles.